The van der Waals surface area contributed by atoms with Crippen molar-refractivity contribution in [3.8, 4) is 0 Å². The molecule has 0 bridgehead atoms. The first-order valence-corrected chi connectivity index (χ1v) is 6.05. The fourth-order valence-electron chi connectivity index (χ4n) is 1.59. The standard InChI is InChI=1S/C12H25NO2/c1-3-4-5-6-7-8-9-10-11(13)12(14)15-2/h11H,3-10,13H2,1-2H3/t11-/m1/s1. The van der Waals surface area contributed by atoms with E-state index in [0.29, 0.717) is 0 Å². The third kappa shape index (κ3) is 8.43. The third-order valence-corrected chi connectivity index (χ3v) is 2.62. The van der Waals surface area contributed by atoms with Crippen LogP contribution in [0.15, 0.2) is 0 Å². The quantitative estimate of drug-likeness (QED) is 0.475. The summed E-state index contributed by atoms with van der Waals surface area (Å²) in [6, 6.07) is -0.425. The number of esters is 1. The predicted octanol–water partition coefficient (Wildman–Crippen LogP) is 2.63. The van der Waals surface area contributed by atoms with Gasteiger partial charge in [-0.1, -0.05) is 51.9 Å². The van der Waals surface area contributed by atoms with Crippen molar-refractivity contribution in [2.45, 2.75) is 64.3 Å². The lowest BCUT2D eigenvalue weighted by Crippen LogP contribution is -2.31. The molecule has 0 heterocycles. The van der Waals surface area contributed by atoms with Crippen LogP contribution >= 0.6 is 0 Å². The zero-order valence-electron chi connectivity index (χ0n) is 10.1. The van der Waals surface area contributed by atoms with Crippen molar-refractivity contribution in [3.63, 3.8) is 0 Å². The van der Waals surface area contributed by atoms with E-state index >= 15 is 0 Å². The summed E-state index contributed by atoms with van der Waals surface area (Å²) in [4.78, 5) is 11.0. The van der Waals surface area contributed by atoms with Crippen molar-refractivity contribution < 1.29 is 9.53 Å². The van der Waals surface area contributed by atoms with Gasteiger partial charge in [-0.05, 0) is 6.42 Å². The zero-order valence-corrected chi connectivity index (χ0v) is 10.1. The average molecular weight is 215 g/mol. The summed E-state index contributed by atoms with van der Waals surface area (Å²) in [5, 5.41) is 0. The Labute approximate surface area is 93.4 Å². The van der Waals surface area contributed by atoms with Crippen LogP contribution in [0.3, 0.4) is 0 Å². The maximum absolute atomic E-state index is 11.0. The molecule has 0 rings (SSSR count). The Morgan fingerprint density at radius 3 is 2.20 bits per heavy atom. The van der Waals surface area contributed by atoms with E-state index in [1.54, 1.807) is 0 Å². The zero-order chi connectivity index (χ0) is 11.5. The molecule has 90 valence electrons. The Bertz CT molecular complexity index is 160. The highest BCUT2D eigenvalue weighted by Gasteiger charge is 2.12. The molecule has 0 radical (unpaired) electrons. The first-order valence-electron chi connectivity index (χ1n) is 6.05. The van der Waals surface area contributed by atoms with E-state index in [-0.39, 0.29) is 5.97 Å². The van der Waals surface area contributed by atoms with Crippen LogP contribution in [0.5, 0.6) is 0 Å². The lowest BCUT2D eigenvalue weighted by Gasteiger charge is -2.08. The molecule has 0 saturated heterocycles. The van der Waals surface area contributed by atoms with Crippen molar-refractivity contribution in [1.29, 1.82) is 0 Å². The highest BCUT2D eigenvalue weighted by atomic mass is 16.5. The average Bonchev–Trinajstić information content (AvgIpc) is 2.26. The number of hydrogen-bond donors (Lipinski definition) is 1. The number of carbonyl (C=O) groups excluding carboxylic acids is 1. The van der Waals surface area contributed by atoms with Crippen molar-refractivity contribution in [3.05, 3.63) is 0 Å². The molecule has 3 heteroatoms. The maximum atomic E-state index is 11.0. The summed E-state index contributed by atoms with van der Waals surface area (Å²) in [6.45, 7) is 2.22. The van der Waals surface area contributed by atoms with Gasteiger partial charge in [-0.3, -0.25) is 4.79 Å². The monoisotopic (exact) mass is 215 g/mol. The van der Waals surface area contributed by atoms with Crippen LogP contribution in [0, 0.1) is 0 Å². The molecular formula is C12H25NO2. The van der Waals surface area contributed by atoms with Gasteiger partial charge in [0.2, 0.25) is 0 Å². The van der Waals surface area contributed by atoms with E-state index in [0.717, 1.165) is 12.8 Å². The molecule has 0 aromatic heterocycles. The van der Waals surface area contributed by atoms with Crippen molar-refractivity contribution >= 4 is 5.97 Å². The summed E-state index contributed by atoms with van der Waals surface area (Å²) >= 11 is 0. The fourth-order valence-corrected chi connectivity index (χ4v) is 1.59. The summed E-state index contributed by atoms with van der Waals surface area (Å²) < 4.78 is 4.56. The Hall–Kier alpha value is -0.570. The van der Waals surface area contributed by atoms with Gasteiger partial charge in [0.25, 0.3) is 0 Å². The summed E-state index contributed by atoms with van der Waals surface area (Å²) in [7, 11) is 1.38. The molecule has 0 unspecified atom stereocenters. The molecule has 0 aliphatic heterocycles. The van der Waals surface area contributed by atoms with Gasteiger partial charge in [0, 0.05) is 0 Å². The van der Waals surface area contributed by atoms with Gasteiger partial charge in [-0.2, -0.15) is 0 Å². The van der Waals surface area contributed by atoms with Gasteiger partial charge in [-0.25, -0.2) is 0 Å². The smallest absolute Gasteiger partial charge is 0.322 e. The molecule has 2 N–H and O–H groups in total. The number of rotatable bonds is 9. The van der Waals surface area contributed by atoms with Crippen LogP contribution < -0.4 is 5.73 Å². The number of unbranched alkanes of at least 4 members (excludes halogenated alkanes) is 6. The second-order valence-electron chi connectivity index (χ2n) is 4.04. The van der Waals surface area contributed by atoms with Crippen molar-refractivity contribution in [2.75, 3.05) is 7.11 Å². The number of hydrogen-bond acceptors (Lipinski definition) is 3. The summed E-state index contributed by atoms with van der Waals surface area (Å²) in [5.74, 6) is -0.291. The van der Waals surface area contributed by atoms with Crippen LogP contribution in [0.4, 0.5) is 0 Å². The molecule has 0 aliphatic rings. The maximum Gasteiger partial charge on any atom is 0.322 e. The molecule has 3 nitrogen and oxygen atoms in total. The van der Waals surface area contributed by atoms with E-state index in [2.05, 4.69) is 11.7 Å². The van der Waals surface area contributed by atoms with Gasteiger partial charge in [-0.15, -0.1) is 0 Å². The predicted molar refractivity (Wildman–Crippen MR) is 62.6 cm³/mol. The summed E-state index contributed by atoms with van der Waals surface area (Å²) in [6.07, 6.45) is 9.47. The first kappa shape index (κ1) is 14.4. The van der Waals surface area contributed by atoms with E-state index in [9.17, 15) is 4.79 Å². The van der Waals surface area contributed by atoms with Crippen molar-refractivity contribution in [1.82, 2.24) is 0 Å². The fraction of sp³-hybridized carbons (Fsp3) is 0.917. The molecule has 0 spiro atoms. The molecule has 15 heavy (non-hydrogen) atoms. The SMILES string of the molecule is CCCCCCCCC[C@@H](N)C(=O)OC. The topological polar surface area (TPSA) is 52.3 Å². The molecule has 1 atom stereocenters. The highest BCUT2D eigenvalue weighted by Crippen LogP contribution is 2.09. The number of nitrogens with two attached hydrogens (primary N) is 1. The van der Waals surface area contributed by atoms with Gasteiger partial charge < -0.3 is 10.5 Å². The molecular weight excluding hydrogens is 190 g/mol. The Morgan fingerprint density at radius 1 is 1.13 bits per heavy atom. The van der Waals surface area contributed by atoms with Crippen LogP contribution in [0.1, 0.15) is 58.3 Å². The highest BCUT2D eigenvalue weighted by molar-refractivity contribution is 5.75. The molecule has 0 saturated carbocycles. The first-order chi connectivity index (χ1) is 7.22. The number of ether oxygens (including phenoxy) is 1. The minimum absolute atomic E-state index is 0.291. The molecule has 0 aromatic carbocycles. The van der Waals surface area contributed by atoms with E-state index < -0.39 is 6.04 Å². The van der Waals surface area contributed by atoms with Gasteiger partial charge in [0.05, 0.1) is 7.11 Å². The normalized spacial score (nSPS) is 12.5. The van der Waals surface area contributed by atoms with Gasteiger partial charge in [0.1, 0.15) is 6.04 Å². The molecule has 0 aliphatic carbocycles. The number of carbonyl (C=O) groups is 1. The lowest BCUT2D eigenvalue weighted by molar-refractivity contribution is -0.142. The van der Waals surface area contributed by atoms with Crippen LogP contribution in [-0.2, 0) is 9.53 Å². The lowest BCUT2D eigenvalue weighted by atomic mass is 10.1. The minimum Gasteiger partial charge on any atom is -0.468 e. The third-order valence-electron chi connectivity index (χ3n) is 2.62. The Balaban J connectivity index is 3.20. The van der Waals surface area contributed by atoms with E-state index in [1.165, 1.54) is 45.6 Å². The largest absolute Gasteiger partial charge is 0.468 e. The van der Waals surface area contributed by atoms with Gasteiger partial charge in [0.15, 0.2) is 0 Å². The molecule has 0 amide bonds. The summed E-state index contributed by atoms with van der Waals surface area (Å²) in [5.41, 5.74) is 5.62. The Morgan fingerprint density at radius 2 is 1.67 bits per heavy atom. The van der Waals surface area contributed by atoms with Gasteiger partial charge >= 0.3 is 5.97 Å². The minimum atomic E-state index is -0.425. The van der Waals surface area contributed by atoms with E-state index in [1.807, 2.05) is 0 Å². The van der Waals surface area contributed by atoms with Crippen LogP contribution in [-0.4, -0.2) is 19.1 Å². The van der Waals surface area contributed by atoms with Crippen LogP contribution in [0.25, 0.3) is 0 Å². The van der Waals surface area contributed by atoms with Crippen LogP contribution in [0.2, 0.25) is 0 Å². The second-order valence-corrected chi connectivity index (χ2v) is 4.04. The second kappa shape index (κ2) is 9.97. The Kier molecular flexibility index (Phi) is 9.59. The molecule has 0 aromatic rings. The number of methoxy groups -OCH3 is 1. The van der Waals surface area contributed by atoms with Crippen molar-refractivity contribution in [2.24, 2.45) is 5.73 Å². The molecule has 0 fully saturated rings. The van der Waals surface area contributed by atoms with E-state index in [4.69, 9.17) is 5.73 Å².